The Morgan fingerprint density at radius 2 is 1.77 bits per heavy atom. The number of hydrogen-bond acceptors (Lipinski definition) is 6. The predicted molar refractivity (Wildman–Crippen MR) is 103 cm³/mol. The molecule has 1 aromatic carbocycles. The molecule has 0 aliphatic carbocycles. The number of ether oxygens (including phenoxy) is 1. The Balaban J connectivity index is 1.48. The van der Waals surface area contributed by atoms with E-state index in [9.17, 15) is 4.79 Å². The van der Waals surface area contributed by atoms with Crippen LogP contribution in [-0.2, 0) is 4.79 Å². The van der Waals surface area contributed by atoms with Gasteiger partial charge >= 0.3 is 0 Å². The van der Waals surface area contributed by atoms with Crippen LogP contribution in [0.3, 0.4) is 0 Å². The van der Waals surface area contributed by atoms with Gasteiger partial charge in [-0.2, -0.15) is 0 Å². The summed E-state index contributed by atoms with van der Waals surface area (Å²) in [5.41, 5.74) is 2.28. The summed E-state index contributed by atoms with van der Waals surface area (Å²) >= 11 is 1.64. The van der Waals surface area contributed by atoms with Gasteiger partial charge in [0.25, 0.3) is 5.91 Å². The Bertz CT molecular complexity index is 748. The highest BCUT2D eigenvalue weighted by molar-refractivity contribution is 7.11. The van der Waals surface area contributed by atoms with E-state index >= 15 is 0 Å². The number of amides is 1. The zero-order chi connectivity index (χ0) is 18.7. The topological polar surface area (TPSA) is 58.6 Å². The molecule has 2 aromatic rings. The molecule has 1 fully saturated rings. The van der Waals surface area contributed by atoms with E-state index in [0.717, 1.165) is 53.1 Å². The van der Waals surface area contributed by atoms with Crippen molar-refractivity contribution in [1.82, 2.24) is 20.0 Å². The number of nitrogens with zero attached hydrogens (tertiary/aromatic N) is 4. The lowest BCUT2D eigenvalue weighted by atomic mass is 10.1. The maximum atomic E-state index is 12.5. The minimum absolute atomic E-state index is 0.0446. The van der Waals surface area contributed by atoms with Crippen LogP contribution in [0.1, 0.15) is 34.1 Å². The summed E-state index contributed by atoms with van der Waals surface area (Å²) in [6.45, 7) is 11.4. The number of piperazine rings is 1. The minimum atomic E-state index is 0.0446. The zero-order valence-electron chi connectivity index (χ0n) is 15.9. The molecule has 26 heavy (non-hydrogen) atoms. The SMILES string of the molecule is Cc1cc(C)cc(OCC(=O)N2CCN([C@@H](C)c3nnc(C)s3)CC2)c1. The predicted octanol–water partition coefficient (Wildman–Crippen LogP) is 2.75. The molecule has 0 bridgehead atoms. The first kappa shape index (κ1) is 18.8. The minimum Gasteiger partial charge on any atom is -0.484 e. The molecule has 1 aliphatic rings. The van der Waals surface area contributed by atoms with E-state index in [1.165, 1.54) is 0 Å². The van der Waals surface area contributed by atoms with E-state index in [4.69, 9.17) is 4.74 Å². The second-order valence-corrected chi connectivity index (χ2v) is 8.08. The molecule has 3 rings (SSSR count). The molecule has 2 heterocycles. The summed E-state index contributed by atoms with van der Waals surface area (Å²) in [5, 5.41) is 10.4. The highest BCUT2D eigenvalue weighted by Gasteiger charge is 2.26. The molecule has 0 saturated carbocycles. The third kappa shape index (κ3) is 4.59. The Morgan fingerprint density at radius 3 is 2.35 bits per heavy atom. The summed E-state index contributed by atoms with van der Waals surface area (Å²) in [6.07, 6.45) is 0. The van der Waals surface area contributed by atoms with Crippen molar-refractivity contribution in [2.45, 2.75) is 33.7 Å². The highest BCUT2D eigenvalue weighted by atomic mass is 32.1. The maximum absolute atomic E-state index is 12.5. The second kappa shape index (κ2) is 8.14. The number of rotatable bonds is 5. The largest absolute Gasteiger partial charge is 0.484 e. The van der Waals surface area contributed by atoms with Crippen LogP contribution < -0.4 is 4.74 Å². The van der Waals surface area contributed by atoms with E-state index in [0.29, 0.717) is 0 Å². The third-order valence-corrected chi connectivity index (χ3v) is 5.68. The highest BCUT2D eigenvalue weighted by Crippen LogP contribution is 2.24. The number of carbonyl (C=O) groups is 1. The van der Waals surface area contributed by atoms with Crippen LogP contribution in [0.25, 0.3) is 0 Å². The van der Waals surface area contributed by atoms with Crippen molar-refractivity contribution in [2.24, 2.45) is 0 Å². The first-order valence-corrected chi connectivity index (χ1v) is 9.77. The molecule has 0 N–H and O–H groups in total. The Morgan fingerprint density at radius 1 is 1.12 bits per heavy atom. The van der Waals surface area contributed by atoms with Crippen molar-refractivity contribution in [3.05, 3.63) is 39.3 Å². The molecule has 0 spiro atoms. The fourth-order valence-electron chi connectivity index (χ4n) is 3.25. The van der Waals surface area contributed by atoms with Gasteiger partial charge in [0.1, 0.15) is 15.8 Å². The third-order valence-electron chi connectivity index (χ3n) is 4.67. The van der Waals surface area contributed by atoms with Crippen molar-refractivity contribution < 1.29 is 9.53 Å². The molecule has 1 saturated heterocycles. The van der Waals surface area contributed by atoms with Gasteiger partial charge in [-0.3, -0.25) is 9.69 Å². The van der Waals surface area contributed by atoms with Gasteiger partial charge in [-0.1, -0.05) is 6.07 Å². The Kier molecular flexibility index (Phi) is 5.88. The average Bonchev–Trinajstić information content (AvgIpc) is 3.05. The van der Waals surface area contributed by atoms with E-state index in [1.54, 1.807) is 11.3 Å². The number of aromatic nitrogens is 2. The normalized spacial score (nSPS) is 16.5. The molecule has 6 nitrogen and oxygen atoms in total. The zero-order valence-corrected chi connectivity index (χ0v) is 16.7. The molecule has 7 heteroatoms. The van der Waals surface area contributed by atoms with Crippen LogP contribution in [0.15, 0.2) is 18.2 Å². The molecule has 1 amide bonds. The molecular weight excluding hydrogens is 348 g/mol. The quantitative estimate of drug-likeness (QED) is 0.805. The van der Waals surface area contributed by atoms with Gasteiger partial charge in [0.15, 0.2) is 6.61 Å². The van der Waals surface area contributed by atoms with Gasteiger partial charge in [-0.25, -0.2) is 0 Å². The van der Waals surface area contributed by atoms with E-state index < -0.39 is 0 Å². The summed E-state index contributed by atoms with van der Waals surface area (Å²) in [4.78, 5) is 16.7. The molecule has 0 radical (unpaired) electrons. The van der Waals surface area contributed by atoms with Gasteiger partial charge in [-0.15, -0.1) is 21.5 Å². The van der Waals surface area contributed by atoms with Gasteiger partial charge < -0.3 is 9.64 Å². The second-order valence-electron chi connectivity index (χ2n) is 6.86. The first-order valence-electron chi connectivity index (χ1n) is 8.95. The first-order chi connectivity index (χ1) is 12.4. The van der Waals surface area contributed by atoms with Gasteiger partial charge in [0.2, 0.25) is 0 Å². The number of aryl methyl sites for hydroxylation is 3. The van der Waals surface area contributed by atoms with Crippen LogP contribution >= 0.6 is 11.3 Å². The lowest BCUT2D eigenvalue weighted by Gasteiger charge is -2.37. The summed E-state index contributed by atoms with van der Waals surface area (Å²) < 4.78 is 5.71. The van der Waals surface area contributed by atoms with Crippen LogP contribution in [0.2, 0.25) is 0 Å². The molecule has 1 aliphatic heterocycles. The van der Waals surface area contributed by atoms with Crippen LogP contribution in [-0.4, -0.2) is 58.7 Å². The van der Waals surface area contributed by atoms with Crippen molar-refractivity contribution in [3.8, 4) is 5.75 Å². The molecular formula is C19H26N4O2S. The van der Waals surface area contributed by atoms with Crippen LogP contribution in [0, 0.1) is 20.8 Å². The average molecular weight is 375 g/mol. The standard InChI is InChI=1S/C19H26N4O2S/c1-13-9-14(2)11-17(10-13)25-12-18(24)23-7-5-22(6-8-23)15(3)19-21-20-16(4)26-19/h9-11,15H,5-8,12H2,1-4H3/t15-/m0/s1. The smallest absolute Gasteiger partial charge is 0.260 e. The maximum Gasteiger partial charge on any atom is 0.260 e. The number of benzene rings is 1. The monoisotopic (exact) mass is 374 g/mol. The van der Waals surface area contributed by atoms with Crippen molar-refractivity contribution in [1.29, 1.82) is 0 Å². The van der Waals surface area contributed by atoms with Crippen molar-refractivity contribution >= 4 is 17.2 Å². The van der Waals surface area contributed by atoms with E-state index in [2.05, 4.69) is 28.1 Å². The van der Waals surface area contributed by atoms with Gasteiger partial charge in [0, 0.05) is 26.2 Å². The van der Waals surface area contributed by atoms with Crippen molar-refractivity contribution in [2.75, 3.05) is 32.8 Å². The Labute approximate surface area is 158 Å². The Hall–Kier alpha value is -1.99. The van der Waals surface area contributed by atoms with Crippen molar-refractivity contribution in [3.63, 3.8) is 0 Å². The lowest BCUT2D eigenvalue weighted by molar-refractivity contribution is -0.135. The molecule has 0 unspecified atom stereocenters. The van der Waals surface area contributed by atoms with Gasteiger partial charge in [0.05, 0.1) is 6.04 Å². The van der Waals surface area contributed by atoms with Crippen LogP contribution in [0.5, 0.6) is 5.75 Å². The van der Waals surface area contributed by atoms with E-state index in [1.807, 2.05) is 37.8 Å². The van der Waals surface area contributed by atoms with Gasteiger partial charge in [-0.05, 0) is 51.0 Å². The molecule has 1 aromatic heterocycles. The lowest BCUT2D eigenvalue weighted by Crippen LogP contribution is -2.50. The number of hydrogen-bond donors (Lipinski definition) is 0. The summed E-state index contributed by atoms with van der Waals surface area (Å²) in [7, 11) is 0. The fraction of sp³-hybridized carbons (Fsp3) is 0.526. The number of carbonyl (C=O) groups excluding carboxylic acids is 1. The van der Waals surface area contributed by atoms with Crippen LogP contribution in [0.4, 0.5) is 0 Å². The molecule has 140 valence electrons. The molecule has 1 atom stereocenters. The summed E-state index contributed by atoms with van der Waals surface area (Å²) in [6, 6.07) is 6.26. The van der Waals surface area contributed by atoms with E-state index in [-0.39, 0.29) is 18.6 Å². The summed E-state index contributed by atoms with van der Waals surface area (Å²) in [5.74, 6) is 0.804. The fourth-order valence-corrected chi connectivity index (χ4v) is 4.03.